The number of rotatable bonds is 5. The van der Waals surface area contributed by atoms with Crippen LogP contribution in [0.2, 0.25) is 0 Å². The molecule has 4 rings (SSSR count). The second-order valence-corrected chi connectivity index (χ2v) is 10.0. The van der Waals surface area contributed by atoms with Gasteiger partial charge < -0.3 is 9.42 Å². The molecule has 1 aliphatic carbocycles. The summed E-state index contributed by atoms with van der Waals surface area (Å²) >= 11 is 0. The van der Waals surface area contributed by atoms with Crippen LogP contribution in [0.5, 0.6) is 0 Å². The fourth-order valence-electron chi connectivity index (χ4n) is 4.12. The first-order valence-electron chi connectivity index (χ1n) is 10.2. The Hall–Kier alpha value is -2.30. The van der Waals surface area contributed by atoms with Gasteiger partial charge in [-0.2, -0.15) is 17.4 Å². The summed E-state index contributed by atoms with van der Waals surface area (Å²) in [5.74, 6) is 0.734. The van der Waals surface area contributed by atoms with E-state index in [9.17, 15) is 13.2 Å². The first-order valence-corrected chi connectivity index (χ1v) is 11.6. The largest absolute Gasteiger partial charge is 0.360 e. The Balaban J connectivity index is 1.55. The quantitative estimate of drug-likeness (QED) is 0.763. The van der Waals surface area contributed by atoms with Crippen LogP contribution in [-0.4, -0.2) is 54.3 Å². The summed E-state index contributed by atoms with van der Waals surface area (Å²) in [4.78, 5) is 19.3. The van der Waals surface area contributed by atoms with Crippen molar-refractivity contribution < 1.29 is 17.7 Å². The molecule has 0 atom stereocenters. The molecule has 2 aliphatic rings. The van der Waals surface area contributed by atoms with Crippen molar-refractivity contribution in [2.75, 3.05) is 20.6 Å². The van der Waals surface area contributed by atoms with Crippen LogP contribution in [-0.2, 0) is 42.6 Å². The number of aromatic nitrogens is 2. The number of aryl methyl sites for hydroxylation is 2. The minimum absolute atomic E-state index is 0.108. The normalized spacial score (nSPS) is 16.5. The summed E-state index contributed by atoms with van der Waals surface area (Å²) in [7, 11) is -0.558. The topological polar surface area (TPSA) is 109 Å². The average Bonchev–Trinajstić information content (AvgIpc) is 3.16. The van der Waals surface area contributed by atoms with E-state index in [2.05, 4.69) is 14.9 Å². The van der Waals surface area contributed by atoms with Crippen molar-refractivity contribution in [3.8, 4) is 0 Å². The average molecular weight is 434 g/mol. The van der Waals surface area contributed by atoms with Gasteiger partial charge in [0, 0.05) is 57.6 Å². The van der Waals surface area contributed by atoms with E-state index in [1.807, 2.05) is 6.92 Å². The van der Waals surface area contributed by atoms with Gasteiger partial charge >= 0.3 is 0 Å². The standard InChI is InChI=1S/C20H27N5O4S/c1-13-17(11-22-30(27,28)24(2)3)15-8-9-25(12-14(15)10-21-13)20(26)19-16-6-4-5-7-18(16)29-23-19/h10,22H,4-9,11-12H2,1-3H3. The summed E-state index contributed by atoms with van der Waals surface area (Å²) in [6.07, 6.45) is 6.22. The Bertz CT molecular complexity index is 1080. The maximum atomic E-state index is 13.1. The van der Waals surface area contributed by atoms with E-state index in [0.29, 0.717) is 25.2 Å². The molecule has 1 aliphatic heterocycles. The van der Waals surface area contributed by atoms with E-state index in [1.54, 1.807) is 11.1 Å². The maximum absolute atomic E-state index is 13.1. The summed E-state index contributed by atoms with van der Waals surface area (Å²) in [5, 5.41) is 4.07. The van der Waals surface area contributed by atoms with Crippen molar-refractivity contribution in [2.24, 2.45) is 0 Å². The van der Waals surface area contributed by atoms with Gasteiger partial charge in [0.15, 0.2) is 5.69 Å². The van der Waals surface area contributed by atoms with Crippen molar-refractivity contribution in [3.63, 3.8) is 0 Å². The van der Waals surface area contributed by atoms with E-state index in [-0.39, 0.29) is 12.5 Å². The molecular formula is C20H27N5O4S. The zero-order chi connectivity index (χ0) is 21.5. The summed E-state index contributed by atoms with van der Waals surface area (Å²) < 4.78 is 33.4. The number of pyridine rings is 1. The van der Waals surface area contributed by atoms with Gasteiger partial charge in [0.1, 0.15) is 5.76 Å². The van der Waals surface area contributed by atoms with E-state index in [0.717, 1.165) is 63.7 Å². The lowest BCUT2D eigenvalue weighted by Crippen LogP contribution is -2.38. The molecule has 2 aromatic rings. The fraction of sp³-hybridized carbons (Fsp3) is 0.550. The monoisotopic (exact) mass is 433 g/mol. The number of hydrogen-bond acceptors (Lipinski definition) is 6. The highest BCUT2D eigenvalue weighted by Gasteiger charge is 2.30. The number of carbonyl (C=O) groups excluding carboxylic acids is 1. The molecule has 30 heavy (non-hydrogen) atoms. The maximum Gasteiger partial charge on any atom is 0.279 e. The third kappa shape index (κ3) is 3.86. The van der Waals surface area contributed by atoms with Crippen molar-refractivity contribution in [1.82, 2.24) is 24.1 Å². The highest BCUT2D eigenvalue weighted by Crippen LogP contribution is 2.28. The number of amides is 1. The van der Waals surface area contributed by atoms with Crippen LogP contribution in [0.15, 0.2) is 10.7 Å². The van der Waals surface area contributed by atoms with Gasteiger partial charge in [-0.05, 0) is 49.3 Å². The first kappa shape index (κ1) is 21.0. The SMILES string of the molecule is Cc1ncc2c(c1CNS(=O)(=O)N(C)C)CCN(C(=O)c1noc3c1CCCC3)C2. The molecule has 1 N–H and O–H groups in total. The second-order valence-electron chi connectivity index (χ2n) is 8.05. The van der Waals surface area contributed by atoms with Crippen LogP contribution in [0.4, 0.5) is 0 Å². The first-order chi connectivity index (χ1) is 14.3. The molecule has 162 valence electrons. The van der Waals surface area contributed by atoms with Crippen molar-refractivity contribution in [3.05, 3.63) is 45.6 Å². The molecule has 0 saturated heterocycles. The fourth-order valence-corrected chi connectivity index (χ4v) is 4.71. The highest BCUT2D eigenvalue weighted by atomic mass is 32.2. The van der Waals surface area contributed by atoms with E-state index in [1.165, 1.54) is 14.1 Å². The molecule has 0 spiro atoms. The third-order valence-corrected chi connectivity index (χ3v) is 7.42. The van der Waals surface area contributed by atoms with Gasteiger partial charge in [-0.25, -0.2) is 0 Å². The minimum atomic E-state index is -3.53. The Morgan fingerprint density at radius 3 is 2.77 bits per heavy atom. The van der Waals surface area contributed by atoms with Gasteiger partial charge in [-0.15, -0.1) is 0 Å². The van der Waals surface area contributed by atoms with Crippen LogP contribution < -0.4 is 4.72 Å². The van der Waals surface area contributed by atoms with Gasteiger partial charge in [0.05, 0.1) is 0 Å². The number of fused-ring (bicyclic) bond motifs is 2. The Morgan fingerprint density at radius 2 is 2.00 bits per heavy atom. The minimum Gasteiger partial charge on any atom is -0.360 e. The van der Waals surface area contributed by atoms with E-state index >= 15 is 0 Å². The molecule has 0 fully saturated rings. The molecule has 0 unspecified atom stereocenters. The van der Waals surface area contributed by atoms with E-state index in [4.69, 9.17) is 4.52 Å². The smallest absolute Gasteiger partial charge is 0.279 e. The van der Waals surface area contributed by atoms with Gasteiger partial charge in [-0.1, -0.05) is 5.16 Å². The van der Waals surface area contributed by atoms with Crippen LogP contribution in [0.1, 0.15) is 57.0 Å². The molecule has 3 heterocycles. The van der Waals surface area contributed by atoms with Crippen LogP contribution in [0.3, 0.4) is 0 Å². The molecule has 10 heteroatoms. The number of carbonyl (C=O) groups is 1. The lowest BCUT2D eigenvalue weighted by atomic mass is 9.93. The lowest BCUT2D eigenvalue weighted by Gasteiger charge is -2.30. The third-order valence-electron chi connectivity index (χ3n) is 5.95. The molecule has 9 nitrogen and oxygen atoms in total. The number of nitrogens with zero attached hydrogens (tertiary/aromatic N) is 4. The predicted octanol–water partition coefficient (Wildman–Crippen LogP) is 1.35. The molecular weight excluding hydrogens is 406 g/mol. The molecule has 0 bridgehead atoms. The highest BCUT2D eigenvalue weighted by molar-refractivity contribution is 7.87. The van der Waals surface area contributed by atoms with Gasteiger partial charge in [0.2, 0.25) is 0 Å². The predicted molar refractivity (Wildman–Crippen MR) is 110 cm³/mol. The molecule has 1 amide bonds. The van der Waals surface area contributed by atoms with E-state index < -0.39 is 10.2 Å². The van der Waals surface area contributed by atoms with Crippen LogP contribution in [0, 0.1) is 6.92 Å². The molecule has 0 radical (unpaired) electrons. The molecule has 0 saturated carbocycles. The summed E-state index contributed by atoms with van der Waals surface area (Å²) in [5.41, 5.74) is 5.07. The lowest BCUT2D eigenvalue weighted by molar-refractivity contribution is 0.0722. The summed E-state index contributed by atoms with van der Waals surface area (Å²) in [6, 6.07) is 0. The van der Waals surface area contributed by atoms with Crippen molar-refractivity contribution in [2.45, 2.75) is 52.1 Å². The van der Waals surface area contributed by atoms with Crippen LogP contribution in [0.25, 0.3) is 0 Å². The van der Waals surface area contributed by atoms with Gasteiger partial charge in [-0.3, -0.25) is 9.78 Å². The molecule has 0 aromatic carbocycles. The second kappa shape index (κ2) is 8.09. The van der Waals surface area contributed by atoms with Crippen molar-refractivity contribution in [1.29, 1.82) is 0 Å². The number of hydrogen-bond donors (Lipinski definition) is 1. The zero-order valence-electron chi connectivity index (χ0n) is 17.6. The Labute approximate surface area is 176 Å². The number of nitrogens with one attached hydrogen (secondary N) is 1. The van der Waals surface area contributed by atoms with Crippen LogP contribution >= 0.6 is 0 Å². The Morgan fingerprint density at radius 1 is 1.23 bits per heavy atom. The Kier molecular flexibility index (Phi) is 5.65. The van der Waals surface area contributed by atoms with Crippen molar-refractivity contribution >= 4 is 16.1 Å². The summed E-state index contributed by atoms with van der Waals surface area (Å²) in [6.45, 7) is 3.02. The molecule has 2 aromatic heterocycles. The van der Waals surface area contributed by atoms with Gasteiger partial charge in [0.25, 0.3) is 16.1 Å². The zero-order valence-corrected chi connectivity index (χ0v) is 18.4.